The van der Waals surface area contributed by atoms with Gasteiger partial charge in [0.25, 0.3) is 0 Å². The first kappa shape index (κ1) is 17.0. The number of nitrogen functional groups attached to an aromatic ring is 1. The van der Waals surface area contributed by atoms with Gasteiger partial charge in [-0.25, -0.2) is 15.0 Å². The highest BCUT2D eigenvalue weighted by Crippen LogP contribution is 2.39. The van der Waals surface area contributed by atoms with Crippen LogP contribution in [0.3, 0.4) is 0 Å². The summed E-state index contributed by atoms with van der Waals surface area (Å²) in [7, 11) is 0. The Morgan fingerprint density at radius 2 is 2.14 bits per heavy atom. The molecular formula is C19H17N7OS. The van der Waals surface area contributed by atoms with Gasteiger partial charge >= 0.3 is 0 Å². The van der Waals surface area contributed by atoms with Gasteiger partial charge in [0.05, 0.1) is 31.3 Å². The van der Waals surface area contributed by atoms with Crippen molar-refractivity contribution in [2.45, 2.75) is 6.42 Å². The molecule has 140 valence electrons. The minimum atomic E-state index is 0.253. The first-order valence-electron chi connectivity index (χ1n) is 8.93. The normalized spacial score (nSPS) is 17.5. The van der Waals surface area contributed by atoms with Crippen LogP contribution in [0.4, 0.5) is 11.5 Å². The molecule has 2 aliphatic rings. The molecule has 3 aromatic heterocycles. The fourth-order valence-electron chi connectivity index (χ4n) is 3.71. The molecule has 2 saturated heterocycles. The monoisotopic (exact) mass is 391 g/mol. The van der Waals surface area contributed by atoms with Gasteiger partial charge in [-0.05, 0) is 12.5 Å². The quantitative estimate of drug-likeness (QED) is 0.724. The Morgan fingerprint density at radius 1 is 1.25 bits per heavy atom. The lowest BCUT2D eigenvalue weighted by Gasteiger charge is -2.37. The third-order valence-corrected chi connectivity index (χ3v) is 6.05. The number of rotatable bonds is 3. The van der Waals surface area contributed by atoms with Crippen molar-refractivity contribution in [3.63, 3.8) is 0 Å². The van der Waals surface area contributed by atoms with Crippen LogP contribution in [0.2, 0.25) is 0 Å². The van der Waals surface area contributed by atoms with Crippen LogP contribution in [0.1, 0.15) is 12.0 Å². The molecule has 0 radical (unpaired) electrons. The van der Waals surface area contributed by atoms with E-state index in [2.05, 4.69) is 25.9 Å². The Morgan fingerprint density at radius 3 is 2.82 bits per heavy atom. The standard InChI is InChI=1S/C19H17N7OS/c20-6-12-13(21)5-14(18-23-2-4-28-18)25-17(12)15-7-22-8-16(24-15)26-3-1-19(9-26)10-27-11-19/h2,4-5,7-8H,1,3,9-11H2,(H2,21,25). The summed E-state index contributed by atoms with van der Waals surface area (Å²) in [4.78, 5) is 20.3. The molecule has 2 fully saturated rings. The fraction of sp³-hybridized carbons (Fsp3) is 0.316. The second-order valence-corrected chi connectivity index (χ2v) is 8.09. The smallest absolute Gasteiger partial charge is 0.147 e. The number of nitrogens with zero attached hydrogens (tertiary/aromatic N) is 6. The highest BCUT2D eigenvalue weighted by atomic mass is 32.1. The van der Waals surface area contributed by atoms with E-state index in [1.165, 1.54) is 11.3 Å². The van der Waals surface area contributed by atoms with E-state index in [1.54, 1.807) is 24.7 Å². The van der Waals surface area contributed by atoms with Gasteiger partial charge in [0.1, 0.15) is 39.5 Å². The molecule has 0 aliphatic carbocycles. The van der Waals surface area contributed by atoms with Gasteiger partial charge < -0.3 is 15.4 Å². The second-order valence-electron chi connectivity index (χ2n) is 7.20. The van der Waals surface area contributed by atoms with Gasteiger partial charge in [-0.15, -0.1) is 11.3 Å². The Kier molecular flexibility index (Phi) is 3.96. The van der Waals surface area contributed by atoms with E-state index in [4.69, 9.17) is 15.5 Å². The van der Waals surface area contributed by atoms with Crippen LogP contribution in [0.15, 0.2) is 30.0 Å². The van der Waals surface area contributed by atoms with Crippen LogP contribution in [-0.4, -0.2) is 46.2 Å². The van der Waals surface area contributed by atoms with E-state index >= 15 is 0 Å². The lowest BCUT2D eigenvalue weighted by atomic mass is 9.85. The van der Waals surface area contributed by atoms with Crippen molar-refractivity contribution in [2.75, 3.05) is 36.9 Å². The van der Waals surface area contributed by atoms with Gasteiger partial charge in [-0.1, -0.05) is 0 Å². The summed E-state index contributed by atoms with van der Waals surface area (Å²) in [5.74, 6) is 0.783. The van der Waals surface area contributed by atoms with E-state index in [-0.39, 0.29) is 5.41 Å². The largest absolute Gasteiger partial charge is 0.398 e. The fourth-order valence-corrected chi connectivity index (χ4v) is 4.30. The highest BCUT2D eigenvalue weighted by molar-refractivity contribution is 7.13. The molecule has 0 bridgehead atoms. The third kappa shape index (κ3) is 2.78. The molecule has 2 aliphatic heterocycles. The summed E-state index contributed by atoms with van der Waals surface area (Å²) in [5.41, 5.74) is 8.64. The molecule has 0 amide bonds. The summed E-state index contributed by atoms with van der Waals surface area (Å²) in [6.07, 6.45) is 6.18. The van der Waals surface area contributed by atoms with Gasteiger partial charge in [-0.3, -0.25) is 4.98 Å². The Hall–Kier alpha value is -3.09. The molecular weight excluding hydrogens is 374 g/mol. The number of ether oxygens (including phenoxy) is 1. The number of thiazole rings is 1. The Balaban J connectivity index is 1.55. The van der Waals surface area contributed by atoms with Crippen molar-refractivity contribution in [2.24, 2.45) is 5.41 Å². The average molecular weight is 391 g/mol. The van der Waals surface area contributed by atoms with Crippen molar-refractivity contribution in [3.8, 4) is 28.2 Å². The minimum absolute atomic E-state index is 0.253. The summed E-state index contributed by atoms with van der Waals surface area (Å²) in [6, 6.07) is 3.83. The maximum absolute atomic E-state index is 9.62. The maximum atomic E-state index is 9.62. The third-order valence-electron chi connectivity index (χ3n) is 5.26. The van der Waals surface area contributed by atoms with Crippen molar-refractivity contribution in [3.05, 3.63) is 35.6 Å². The molecule has 0 aromatic carbocycles. The van der Waals surface area contributed by atoms with Crippen molar-refractivity contribution < 1.29 is 4.74 Å². The average Bonchev–Trinajstić information content (AvgIpc) is 3.37. The number of hydrogen-bond acceptors (Lipinski definition) is 9. The number of nitriles is 1. The number of pyridine rings is 1. The van der Waals surface area contributed by atoms with Crippen LogP contribution >= 0.6 is 11.3 Å². The molecule has 2 N–H and O–H groups in total. The molecule has 5 heterocycles. The first-order valence-corrected chi connectivity index (χ1v) is 9.81. The Bertz CT molecular complexity index is 1070. The van der Waals surface area contributed by atoms with Gasteiger partial charge in [0.15, 0.2) is 0 Å². The van der Waals surface area contributed by atoms with Crippen LogP contribution in [0, 0.1) is 16.7 Å². The maximum Gasteiger partial charge on any atom is 0.147 e. The van der Waals surface area contributed by atoms with Crippen LogP contribution in [0.5, 0.6) is 0 Å². The van der Waals surface area contributed by atoms with E-state index in [1.807, 2.05) is 5.38 Å². The molecule has 1 spiro atoms. The minimum Gasteiger partial charge on any atom is -0.398 e. The van der Waals surface area contributed by atoms with Crippen LogP contribution in [0.25, 0.3) is 22.1 Å². The molecule has 5 rings (SSSR count). The SMILES string of the molecule is N#Cc1c(N)cc(-c2nccs2)nc1-c1cncc(N2CCC3(COC3)C2)n1. The number of nitrogens with two attached hydrogens (primary N) is 1. The van der Waals surface area contributed by atoms with Crippen molar-refractivity contribution in [1.82, 2.24) is 19.9 Å². The van der Waals surface area contributed by atoms with Crippen molar-refractivity contribution in [1.29, 1.82) is 5.26 Å². The van der Waals surface area contributed by atoms with Crippen LogP contribution < -0.4 is 10.6 Å². The Labute approximate surface area is 165 Å². The zero-order chi connectivity index (χ0) is 19.1. The van der Waals surface area contributed by atoms with Crippen molar-refractivity contribution >= 4 is 22.8 Å². The number of anilines is 2. The summed E-state index contributed by atoms with van der Waals surface area (Å²) >= 11 is 1.47. The molecule has 9 heteroatoms. The van der Waals surface area contributed by atoms with Gasteiger partial charge in [0.2, 0.25) is 0 Å². The lowest BCUT2D eigenvalue weighted by Crippen LogP contribution is -2.44. The number of hydrogen-bond donors (Lipinski definition) is 1. The molecule has 8 nitrogen and oxygen atoms in total. The summed E-state index contributed by atoms with van der Waals surface area (Å²) in [6.45, 7) is 3.44. The zero-order valence-electron chi connectivity index (χ0n) is 15.0. The van der Waals surface area contributed by atoms with E-state index in [0.29, 0.717) is 28.3 Å². The zero-order valence-corrected chi connectivity index (χ0v) is 15.8. The van der Waals surface area contributed by atoms with Gasteiger partial charge in [-0.2, -0.15) is 5.26 Å². The van der Waals surface area contributed by atoms with E-state index in [9.17, 15) is 5.26 Å². The lowest BCUT2D eigenvalue weighted by molar-refractivity contribution is -0.0985. The highest BCUT2D eigenvalue weighted by Gasteiger charge is 2.44. The summed E-state index contributed by atoms with van der Waals surface area (Å²) in [5, 5.41) is 12.2. The molecule has 28 heavy (non-hydrogen) atoms. The molecule has 0 atom stereocenters. The van der Waals surface area contributed by atoms with Crippen LogP contribution in [-0.2, 0) is 4.74 Å². The first-order chi connectivity index (χ1) is 13.7. The van der Waals surface area contributed by atoms with E-state index in [0.717, 1.165) is 43.5 Å². The predicted octanol–water partition coefficient (Wildman–Crippen LogP) is 2.34. The molecule has 0 unspecified atom stereocenters. The van der Waals surface area contributed by atoms with Gasteiger partial charge in [0, 0.05) is 30.1 Å². The topological polar surface area (TPSA) is 114 Å². The second kappa shape index (κ2) is 6.51. The molecule has 3 aromatic rings. The van der Waals surface area contributed by atoms with E-state index < -0.39 is 0 Å². The summed E-state index contributed by atoms with van der Waals surface area (Å²) < 4.78 is 5.40. The predicted molar refractivity (Wildman–Crippen MR) is 106 cm³/mol. The molecule has 0 saturated carbocycles. The number of aromatic nitrogens is 4.